The van der Waals surface area contributed by atoms with E-state index in [4.69, 9.17) is 5.73 Å². The predicted molar refractivity (Wildman–Crippen MR) is 108 cm³/mol. The SMILES string of the molecule is NC(=NN=Cc1ccc(Br)cc1)SC1CC(=O)N(c2ccccc2)C1=O. The molecule has 0 bridgehead atoms. The fourth-order valence-electron chi connectivity index (χ4n) is 2.42. The highest BCUT2D eigenvalue weighted by Gasteiger charge is 2.40. The third-order valence-electron chi connectivity index (χ3n) is 3.62. The van der Waals surface area contributed by atoms with E-state index in [-0.39, 0.29) is 23.4 Å². The van der Waals surface area contributed by atoms with Gasteiger partial charge in [-0.15, -0.1) is 5.10 Å². The zero-order valence-corrected chi connectivity index (χ0v) is 16.0. The number of imide groups is 1. The lowest BCUT2D eigenvalue weighted by Crippen LogP contribution is -2.31. The van der Waals surface area contributed by atoms with Gasteiger partial charge in [-0.3, -0.25) is 9.59 Å². The summed E-state index contributed by atoms with van der Waals surface area (Å²) in [4.78, 5) is 25.9. The molecule has 3 rings (SSSR count). The number of benzene rings is 2. The minimum Gasteiger partial charge on any atom is -0.377 e. The summed E-state index contributed by atoms with van der Waals surface area (Å²) in [5.74, 6) is -0.536. The van der Waals surface area contributed by atoms with Crippen molar-refractivity contribution in [1.29, 1.82) is 0 Å². The van der Waals surface area contributed by atoms with Crippen molar-refractivity contribution in [3.05, 3.63) is 64.6 Å². The first-order chi connectivity index (χ1) is 12.5. The molecule has 1 aliphatic heterocycles. The molecule has 1 aliphatic rings. The van der Waals surface area contributed by atoms with E-state index in [0.29, 0.717) is 5.69 Å². The van der Waals surface area contributed by atoms with Crippen molar-refractivity contribution in [2.75, 3.05) is 4.90 Å². The molecular formula is C18H15BrN4O2S. The monoisotopic (exact) mass is 430 g/mol. The van der Waals surface area contributed by atoms with Gasteiger partial charge in [-0.05, 0) is 29.8 Å². The number of rotatable bonds is 4. The Morgan fingerprint density at radius 3 is 2.54 bits per heavy atom. The Hall–Kier alpha value is -2.45. The van der Waals surface area contributed by atoms with Gasteiger partial charge in [-0.1, -0.05) is 58.0 Å². The number of amidine groups is 1. The molecule has 132 valence electrons. The maximum atomic E-state index is 12.5. The Morgan fingerprint density at radius 2 is 1.85 bits per heavy atom. The first-order valence-corrected chi connectivity index (χ1v) is 9.42. The molecule has 1 saturated heterocycles. The molecule has 0 aromatic heterocycles. The second-order valence-electron chi connectivity index (χ2n) is 5.45. The number of halogens is 1. The lowest BCUT2D eigenvalue weighted by Gasteiger charge is -2.14. The average Bonchev–Trinajstić information content (AvgIpc) is 2.91. The van der Waals surface area contributed by atoms with Crippen molar-refractivity contribution in [3.8, 4) is 0 Å². The summed E-state index contributed by atoms with van der Waals surface area (Å²) >= 11 is 4.41. The number of carbonyl (C=O) groups is 2. The van der Waals surface area contributed by atoms with Crippen molar-refractivity contribution >= 4 is 56.6 Å². The molecule has 6 nitrogen and oxygen atoms in total. The molecule has 0 aliphatic carbocycles. The lowest BCUT2D eigenvalue weighted by atomic mass is 10.2. The molecule has 1 atom stereocenters. The molecule has 2 aromatic carbocycles. The highest BCUT2D eigenvalue weighted by Crippen LogP contribution is 2.29. The molecule has 26 heavy (non-hydrogen) atoms. The molecule has 1 unspecified atom stereocenters. The average molecular weight is 431 g/mol. The van der Waals surface area contributed by atoms with Crippen molar-refractivity contribution in [3.63, 3.8) is 0 Å². The number of thioether (sulfide) groups is 1. The molecule has 2 N–H and O–H groups in total. The van der Waals surface area contributed by atoms with Gasteiger partial charge >= 0.3 is 0 Å². The minimum atomic E-state index is -0.589. The van der Waals surface area contributed by atoms with Crippen molar-refractivity contribution < 1.29 is 9.59 Å². The van der Waals surface area contributed by atoms with Gasteiger partial charge in [0.1, 0.15) is 5.25 Å². The number of amides is 2. The van der Waals surface area contributed by atoms with Crippen LogP contribution in [0.25, 0.3) is 0 Å². The van der Waals surface area contributed by atoms with Crippen LogP contribution in [-0.4, -0.2) is 28.4 Å². The third-order valence-corrected chi connectivity index (χ3v) is 5.12. The van der Waals surface area contributed by atoms with E-state index in [9.17, 15) is 9.59 Å². The number of para-hydroxylation sites is 1. The molecule has 8 heteroatoms. The van der Waals surface area contributed by atoms with E-state index < -0.39 is 5.25 Å². The number of nitrogens with zero attached hydrogens (tertiary/aromatic N) is 3. The van der Waals surface area contributed by atoms with E-state index >= 15 is 0 Å². The van der Waals surface area contributed by atoms with Crippen LogP contribution in [0, 0.1) is 0 Å². The predicted octanol–water partition coefficient (Wildman–Crippen LogP) is 3.16. The van der Waals surface area contributed by atoms with Crippen LogP contribution < -0.4 is 10.6 Å². The first kappa shape index (κ1) is 18.3. The minimum absolute atomic E-state index is 0.0883. The summed E-state index contributed by atoms with van der Waals surface area (Å²) in [5.41, 5.74) is 7.28. The van der Waals surface area contributed by atoms with Crippen molar-refractivity contribution in [1.82, 2.24) is 0 Å². The van der Waals surface area contributed by atoms with Crippen LogP contribution in [0.5, 0.6) is 0 Å². The highest BCUT2D eigenvalue weighted by molar-refractivity contribution is 9.10. The number of anilines is 1. The molecule has 1 heterocycles. The van der Waals surface area contributed by atoms with Crippen LogP contribution in [0.1, 0.15) is 12.0 Å². The molecule has 0 spiro atoms. The summed E-state index contributed by atoms with van der Waals surface area (Å²) in [6.45, 7) is 0. The number of carbonyl (C=O) groups excluding carboxylic acids is 2. The maximum Gasteiger partial charge on any atom is 0.247 e. The van der Waals surface area contributed by atoms with E-state index in [1.165, 1.54) is 4.90 Å². The standard InChI is InChI=1S/C18H15BrN4O2S/c19-13-8-6-12(7-9-13)11-21-22-18(20)26-15-10-16(24)23(17(15)25)14-4-2-1-3-5-14/h1-9,11,15H,10H2,(H2,20,22). The van der Waals surface area contributed by atoms with E-state index in [1.54, 1.807) is 30.5 Å². The largest absolute Gasteiger partial charge is 0.377 e. The van der Waals surface area contributed by atoms with E-state index in [1.807, 2.05) is 30.3 Å². The van der Waals surface area contributed by atoms with Gasteiger partial charge in [0.05, 0.1) is 11.9 Å². The molecule has 2 aromatic rings. The summed E-state index contributed by atoms with van der Waals surface area (Å²) in [6.07, 6.45) is 1.66. The molecular weight excluding hydrogens is 416 g/mol. The maximum absolute atomic E-state index is 12.5. The van der Waals surface area contributed by atoms with Crippen LogP contribution in [0.15, 0.2) is 69.3 Å². The topological polar surface area (TPSA) is 88.1 Å². The number of hydrogen-bond acceptors (Lipinski definition) is 5. The summed E-state index contributed by atoms with van der Waals surface area (Å²) in [5, 5.41) is 7.37. The van der Waals surface area contributed by atoms with Crippen LogP contribution in [0.2, 0.25) is 0 Å². The van der Waals surface area contributed by atoms with Gasteiger partial charge in [0.25, 0.3) is 0 Å². The zero-order valence-electron chi connectivity index (χ0n) is 13.6. The lowest BCUT2D eigenvalue weighted by molar-refractivity contribution is -0.121. The summed E-state index contributed by atoms with van der Waals surface area (Å²) in [7, 11) is 0. The Bertz CT molecular complexity index is 869. The van der Waals surface area contributed by atoms with E-state index in [0.717, 1.165) is 21.8 Å². The van der Waals surface area contributed by atoms with Crippen LogP contribution in [0.3, 0.4) is 0 Å². The van der Waals surface area contributed by atoms with Gasteiger partial charge in [0, 0.05) is 10.9 Å². The normalized spacial score (nSPS) is 18.1. The summed E-state index contributed by atoms with van der Waals surface area (Å²) < 4.78 is 0.973. The third kappa shape index (κ3) is 4.39. The van der Waals surface area contributed by atoms with E-state index in [2.05, 4.69) is 26.1 Å². The molecule has 2 amide bonds. The summed E-state index contributed by atoms with van der Waals surface area (Å²) in [6, 6.07) is 16.4. The second kappa shape index (κ2) is 8.29. The quantitative estimate of drug-likeness (QED) is 0.349. The van der Waals surface area contributed by atoms with Gasteiger partial charge in [-0.2, -0.15) is 5.10 Å². The molecule has 0 saturated carbocycles. The Balaban J connectivity index is 1.64. The highest BCUT2D eigenvalue weighted by atomic mass is 79.9. The van der Waals surface area contributed by atoms with Gasteiger partial charge in [-0.25, -0.2) is 4.90 Å². The fourth-order valence-corrected chi connectivity index (χ4v) is 3.50. The van der Waals surface area contributed by atoms with Gasteiger partial charge in [0.15, 0.2) is 5.17 Å². The second-order valence-corrected chi connectivity index (χ2v) is 7.59. The Labute approximate surface area is 163 Å². The van der Waals surface area contributed by atoms with Crippen LogP contribution in [0.4, 0.5) is 5.69 Å². The zero-order chi connectivity index (χ0) is 18.5. The first-order valence-electron chi connectivity index (χ1n) is 7.75. The number of hydrogen-bond donors (Lipinski definition) is 1. The number of nitrogens with two attached hydrogens (primary N) is 1. The molecule has 1 fully saturated rings. The Morgan fingerprint density at radius 1 is 1.15 bits per heavy atom. The van der Waals surface area contributed by atoms with Gasteiger partial charge < -0.3 is 5.73 Å². The van der Waals surface area contributed by atoms with Gasteiger partial charge in [0.2, 0.25) is 11.8 Å². The molecule has 0 radical (unpaired) electrons. The van der Waals surface area contributed by atoms with Crippen LogP contribution >= 0.6 is 27.7 Å². The smallest absolute Gasteiger partial charge is 0.247 e. The van der Waals surface area contributed by atoms with Crippen LogP contribution in [-0.2, 0) is 9.59 Å². The van der Waals surface area contributed by atoms with Crippen molar-refractivity contribution in [2.24, 2.45) is 15.9 Å². The Kier molecular flexibility index (Phi) is 5.85. The van der Waals surface area contributed by atoms with Crippen molar-refractivity contribution in [2.45, 2.75) is 11.7 Å². The fraction of sp³-hybridized carbons (Fsp3) is 0.111.